The Morgan fingerprint density at radius 2 is 1.44 bits per heavy atom. The molecule has 0 spiro atoms. The summed E-state index contributed by atoms with van der Waals surface area (Å²) in [6, 6.07) is 0. The van der Waals surface area contributed by atoms with Gasteiger partial charge in [-0.15, -0.1) is 6.58 Å². The summed E-state index contributed by atoms with van der Waals surface area (Å²) in [4.78, 5) is 52.1. The van der Waals surface area contributed by atoms with Crippen molar-refractivity contribution in [3.63, 3.8) is 0 Å². The minimum absolute atomic E-state index is 0.100. The van der Waals surface area contributed by atoms with Crippen molar-refractivity contribution in [1.29, 1.82) is 0 Å². The van der Waals surface area contributed by atoms with Crippen LogP contribution in [0.4, 0.5) is 0 Å². The number of carboxylic acids is 5. The average molecular weight is 617 g/mol. The van der Waals surface area contributed by atoms with Crippen molar-refractivity contribution in [2.45, 2.75) is 124 Å². The molecule has 1 aliphatic heterocycles. The van der Waals surface area contributed by atoms with Gasteiger partial charge in [0.25, 0.3) is 0 Å². The van der Waals surface area contributed by atoms with E-state index < -0.39 is 47.3 Å². The molecule has 0 aromatic carbocycles. The van der Waals surface area contributed by atoms with Crippen LogP contribution in [0.3, 0.4) is 0 Å². The lowest BCUT2D eigenvalue weighted by atomic mass is 9.73. The van der Waals surface area contributed by atoms with Gasteiger partial charge in [-0.2, -0.15) is 0 Å². The molecule has 0 aromatic heterocycles. The average Bonchev–Trinajstić information content (AvgIpc) is 3.63. The number of rotatable bonds is 15. The summed E-state index contributed by atoms with van der Waals surface area (Å²) in [6.07, 6.45) is 12.7. The predicted octanol–water partition coefficient (Wildman–Crippen LogP) is 6.59. The Kier molecular flexibility index (Phi) is 23.1. The number of unbranched alkanes of at least 4 members (excludes halogenated alkanes) is 2. The van der Waals surface area contributed by atoms with Crippen LogP contribution in [0.15, 0.2) is 12.7 Å². The van der Waals surface area contributed by atoms with Crippen molar-refractivity contribution >= 4 is 29.8 Å². The van der Waals surface area contributed by atoms with E-state index in [-0.39, 0.29) is 11.8 Å². The molecule has 0 aromatic rings. The van der Waals surface area contributed by atoms with Crippen molar-refractivity contribution < 1.29 is 54.2 Å². The smallest absolute Gasteiger partial charge is 0.332 e. The maximum absolute atomic E-state index is 11.1. The highest BCUT2D eigenvalue weighted by Gasteiger charge is 2.36. The first-order valence-electron chi connectivity index (χ1n) is 15.4. The molecule has 1 heterocycles. The van der Waals surface area contributed by atoms with Crippen LogP contribution >= 0.6 is 0 Å². The Balaban J connectivity index is 0. The van der Waals surface area contributed by atoms with E-state index in [1.165, 1.54) is 31.8 Å². The van der Waals surface area contributed by atoms with E-state index in [2.05, 4.69) is 13.5 Å². The Labute approximate surface area is 256 Å². The molecule has 1 saturated heterocycles. The SMILES string of the molecule is C=CC(C(=O)O)C(C)CC(C)C(C)(C)C(=O)O.CCCCCC(=O)O.O=C(O)C1CCCO1.O=C(O)CCC1CCCC1. The quantitative estimate of drug-likeness (QED) is 0.0983. The third-order valence-electron chi connectivity index (χ3n) is 8.10. The Hall–Kier alpha value is -2.95. The van der Waals surface area contributed by atoms with Gasteiger partial charge < -0.3 is 30.3 Å². The van der Waals surface area contributed by atoms with Crippen molar-refractivity contribution in [3.8, 4) is 0 Å². The molecular formula is C32H56O11. The highest BCUT2D eigenvalue weighted by Crippen LogP contribution is 2.34. The van der Waals surface area contributed by atoms with Crippen LogP contribution in [0.25, 0.3) is 0 Å². The molecule has 250 valence electrons. The molecular weight excluding hydrogens is 560 g/mol. The monoisotopic (exact) mass is 616 g/mol. The molecule has 4 unspecified atom stereocenters. The molecule has 2 aliphatic rings. The third-order valence-corrected chi connectivity index (χ3v) is 8.10. The predicted molar refractivity (Wildman–Crippen MR) is 163 cm³/mol. The second-order valence-electron chi connectivity index (χ2n) is 12.0. The van der Waals surface area contributed by atoms with Gasteiger partial charge in [-0.05, 0) is 63.7 Å². The lowest BCUT2D eigenvalue weighted by molar-refractivity contribution is -0.150. The fourth-order valence-corrected chi connectivity index (χ4v) is 4.71. The Bertz CT molecular complexity index is 840. The molecule has 11 nitrogen and oxygen atoms in total. The van der Waals surface area contributed by atoms with Gasteiger partial charge in [0.1, 0.15) is 0 Å². The Morgan fingerprint density at radius 1 is 0.884 bits per heavy atom. The van der Waals surface area contributed by atoms with Crippen LogP contribution < -0.4 is 0 Å². The zero-order valence-electron chi connectivity index (χ0n) is 26.8. The molecule has 2 rings (SSSR count). The van der Waals surface area contributed by atoms with E-state index in [0.29, 0.717) is 32.3 Å². The normalized spacial score (nSPS) is 18.2. The number of carboxylic acid groups (broad SMARTS) is 5. The molecule has 5 N–H and O–H groups in total. The minimum Gasteiger partial charge on any atom is -0.481 e. The van der Waals surface area contributed by atoms with E-state index in [9.17, 15) is 24.0 Å². The van der Waals surface area contributed by atoms with E-state index in [4.69, 9.17) is 30.3 Å². The molecule has 0 radical (unpaired) electrons. The fourth-order valence-electron chi connectivity index (χ4n) is 4.71. The van der Waals surface area contributed by atoms with Gasteiger partial charge >= 0.3 is 29.8 Å². The highest BCUT2D eigenvalue weighted by molar-refractivity contribution is 5.74. The van der Waals surface area contributed by atoms with Gasteiger partial charge in [0, 0.05) is 19.4 Å². The van der Waals surface area contributed by atoms with E-state index in [0.717, 1.165) is 38.0 Å². The summed E-state index contributed by atoms with van der Waals surface area (Å²) in [6.45, 7) is 13.2. The molecule has 0 amide bonds. The standard InChI is InChI=1S/C13H22O4.C8H14O2.C6H12O2.C5H8O3/c1-6-10(11(14)15)8(2)7-9(3)13(4,5)12(16)17;9-8(10)6-5-7-3-1-2-4-7;1-2-3-4-5-6(7)8;6-5(7)4-2-1-3-8-4/h6,8-10H,1,7H2,2-5H3,(H,14,15)(H,16,17);7H,1-6H2,(H,9,10);2-5H2,1H3,(H,7,8);4H,1-3H2,(H,6,7). The van der Waals surface area contributed by atoms with Crippen LogP contribution in [0.5, 0.6) is 0 Å². The number of hydrogen-bond donors (Lipinski definition) is 5. The molecule has 1 aliphatic carbocycles. The van der Waals surface area contributed by atoms with Crippen LogP contribution in [0.2, 0.25) is 0 Å². The molecule has 11 heteroatoms. The maximum atomic E-state index is 11.1. The number of ether oxygens (including phenoxy) is 1. The highest BCUT2D eigenvalue weighted by atomic mass is 16.5. The summed E-state index contributed by atoms with van der Waals surface area (Å²) in [5, 5.41) is 42.9. The molecule has 43 heavy (non-hydrogen) atoms. The first-order chi connectivity index (χ1) is 20.0. The van der Waals surface area contributed by atoms with E-state index >= 15 is 0 Å². The van der Waals surface area contributed by atoms with Crippen LogP contribution in [0.1, 0.15) is 118 Å². The van der Waals surface area contributed by atoms with Crippen molar-refractivity contribution in [2.75, 3.05) is 6.61 Å². The number of hydrogen-bond acceptors (Lipinski definition) is 6. The second-order valence-corrected chi connectivity index (χ2v) is 12.0. The molecule has 2 fully saturated rings. The molecule has 1 saturated carbocycles. The first kappa shape index (κ1) is 42.2. The first-order valence-corrected chi connectivity index (χ1v) is 15.4. The topological polar surface area (TPSA) is 196 Å². The lowest BCUT2D eigenvalue weighted by Crippen LogP contribution is -2.33. The second kappa shape index (κ2) is 23.5. The number of aliphatic carboxylic acids is 5. The summed E-state index contributed by atoms with van der Waals surface area (Å²) >= 11 is 0. The van der Waals surface area contributed by atoms with Crippen LogP contribution in [-0.2, 0) is 28.7 Å². The third kappa shape index (κ3) is 20.6. The summed E-state index contributed by atoms with van der Waals surface area (Å²) in [5.74, 6) is -4.06. The zero-order chi connectivity index (χ0) is 33.6. The summed E-state index contributed by atoms with van der Waals surface area (Å²) in [5.41, 5.74) is -0.849. The minimum atomic E-state index is -0.909. The van der Waals surface area contributed by atoms with Gasteiger partial charge in [0.05, 0.1) is 11.3 Å². The van der Waals surface area contributed by atoms with Gasteiger partial charge in [0.2, 0.25) is 0 Å². The van der Waals surface area contributed by atoms with Crippen molar-refractivity contribution in [2.24, 2.45) is 29.1 Å². The van der Waals surface area contributed by atoms with Crippen molar-refractivity contribution in [1.82, 2.24) is 0 Å². The lowest BCUT2D eigenvalue weighted by Gasteiger charge is -2.30. The van der Waals surface area contributed by atoms with Crippen LogP contribution in [-0.4, -0.2) is 68.1 Å². The maximum Gasteiger partial charge on any atom is 0.332 e. The van der Waals surface area contributed by atoms with Gasteiger partial charge in [0.15, 0.2) is 6.10 Å². The van der Waals surface area contributed by atoms with Gasteiger partial charge in [-0.25, -0.2) is 4.79 Å². The Morgan fingerprint density at radius 3 is 1.79 bits per heavy atom. The van der Waals surface area contributed by atoms with Gasteiger partial charge in [-0.1, -0.05) is 65.4 Å². The largest absolute Gasteiger partial charge is 0.481 e. The van der Waals surface area contributed by atoms with Gasteiger partial charge in [-0.3, -0.25) is 19.2 Å². The number of carbonyl (C=O) groups is 5. The molecule has 4 atom stereocenters. The summed E-state index contributed by atoms with van der Waals surface area (Å²) < 4.78 is 4.81. The zero-order valence-corrected chi connectivity index (χ0v) is 26.8. The summed E-state index contributed by atoms with van der Waals surface area (Å²) in [7, 11) is 0. The van der Waals surface area contributed by atoms with Crippen molar-refractivity contribution in [3.05, 3.63) is 12.7 Å². The van der Waals surface area contributed by atoms with E-state index in [1.54, 1.807) is 13.8 Å². The fraction of sp³-hybridized carbons (Fsp3) is 0.781. The van der Waals surface area contributed by atoms with E-state index in [1.807, 2.05) is 13.8 Å². The van der Waals surface area contributed by atoms with Crippen LogP contribution in [0, 0.1) is 29.1 Å². The molecule has 0 bridgehead atoms.